The Morgan fingerprint density at radius 3 is 2.75 bits per heavy atom. The van der Waals surface area contributed by atoms with Crippen molar-refractivity contribution < 1.29 is 9.83 Å². The maximum Gasteiger partial charge on any atom is 0.387 e. The number of nitrogen functional groups attached to an aromatic ring is 1. The molecule has 3 heteroatoms. The van der Waals surface area contributed by atoms with Crippen molar-refractivity contribution in [2.45, 2.75) is 0 Å². The molecular formula is C5H7N2O+. The van der Waals surface area contributed by atoms with Crippen molar-refractivity contribution in [1.82, 2.24) is 0 Å². The van der Waals surface area contributed by atoms with E-state index in [2.05, 4.69) is 0 Å². The Kier molecular flexibility index (Phi) is 1.04. The quantitative estimate of drug-likeness (QED) is 0.429. The van der Waals surface area contributed by atoms with Gasteiger partial charge >= 0.3 is 5.55 Å². The molecule has 1 rings (SSSR count). The zero-order valence-corrected chi connectivity index (χ0v) is 4.29. The Balaban J connectivity index is 3.35. The minimum absolute atomic E-state index is 0.271. The lowest BCUT2D eigenvalue weighted by molar-refractivity contribution is -0.197. The van der Waals surface area contributed by atoms with Crippen molar-refractivity contribution >= 4 is 5.69 Å². The average molecular weight is 111 g/mol. The van der Waals surface area contributed by atoms with E-state index in [0.29, 0.717) is 5.69 Å². The largest absolute Gasteiger partial charge is 0.412 e. The summed E-state index contributed by atoms with van der Waals surface area (Å²) in [6, 6.07) is 3.37. The Morgan fingerprint density at radius 1 is 1.62 bits per heavy atom. The molecule has 1 heterocycles. The molecule has 0 radical (unpaired) electrons. The van der Waals surface area contributed by atoms with Gasteiger partial charge in [-0.2, -0.15) is 0 Å². The summed E-state index contributed by atoms with van der Waals surface area (Å²) in [6.07, 6.45) is 1.48. The van der Waals surface area contributed by atoms with Crippen molar-refractivity contribution in [1.29, 1.82) is 0 Å². The molecule has 3 nitrogen and oxygen atoms in total. The summed E-state index contributed by atoms with van der Waals surface area (Å²) < 4.78 is 4.71. The molecule has 0 unspecified atom stereocenters. The fourth-order valence-corrected chi connectivity index (χ4v) is 0.406. The number of nitrogens with two attached hydrogens (primary N) is 2. The van der Waals surface area contributed by atoms with Crippen LogP contribution >= 0.6 is 0 Å². The van der Waals surface area contributed by atoms with E-state index >= 15 is 0 Å². The predicted octanol–water partition coefficient (Wildman–Crippen LogP) is -1.48. The molecule has 1 aromatic heterocycles. The number of hydrogen-bond acceptors (Lipinski definition) is 2. The van der Waals surface area contributed by atoms with Crippen molar-refractivity contribution in [2.75, 3.05) is 5.73 Å². The van der Waals surface area contributed by atoms with E-state index in [1.165, 1.54) is 6.26 Å². The van der Waals surface area contributed by atoms with Gasteiger partial charge in [-0.05, 0) is 12.1 Å². The van der Waals surface area contributed by atoms with Gasteiger partial charge in [0.25, 0.3) is 0 Å². The smallest absolute Gasteiger partial charge is 0.387 e. The first-order valence-electron chi connectivity index (χ1n) is 2.22. The monoisotopic (exact) mass is 111 g/mol. The van der Waals surface area contributed by atoms with E-state index in [4.69, 9.17) is 15.6 Å². The summed E-state index contributed by atoms with van der Waals surface area (Å²) in [6.45, 7) is 0. The highest BCUT2D eigenvalue weighted by Crippen LogP contribution is 1.86. The lowest BCUT2D eigenvalue weighted by Crippen LogP contribution is -2.45. The molecule has 0 aliphatic heterocycles. The van der Waals surface area contributed by atoms with Crippen LogP contribution in [-0.2, 0) is 0 Å². The van der Waals surface area contributed by atoms with Crippen LogP contribution in [0, 0.1) is 0 Å². The van der Waals surface area contributed by atoms with Crippen LogP contribution in [0.3, 0.4) is 0 Å². The minimum atomic E-state index is 0.271. The zero-order chi connectivity index (χ0) is 5.98. The fraction of sp³-hybridized carbons (Fsp3) is 0. The molecule has 0 spiro atoms. The van der Waals surface area contributed by atoms with E-state index in [-0.39, 0.29) is 5.55 Å². The van der Waals surface area contributed by atoms with Gasteiger partial charge in [-0.25, -0.2) is 5.41 Å². The molecule has 0 atom stereocenters. The first kappa shape index (κ1) is 4.90. The molecular weight excluding hydrogens is 104 g/mol. The standard InChI is InChI=1S/C5H6N2O/c6-4-2-1-3-8-5(4)7/h1-3,7H,6H2/p+1. The van der Waals surface area contributed by atoms with Crippen LogP contribution in [0.25, 0.3) is 0 Å². The molecule has 0 bridgehead atoms. The number of hydrogen-bond donors (Lipinski definition) is 2. The van der Waals surface area contributed by atoms with Crippen LogP contribution in [0.2, 0.25) is 0 Å². The molecule has 0 aliphatic carbocycles. The first-order valence-corrected chi connectivity index (χ1v) is 2.22. The summed E-state index contributed by atoms with van der Waals surface area (Å²) in [5.74, 6) is 0. The maximum atomic E-state index is 5.30. The highest BCUT2D eigenvalue weighted by Gasteiger charge is 1.89. The van der Waals surface area contributed by atoms with Crippen LogP contribution in [0.4, 0.5) is 5.69 Å². The Labute approximate surface area is 46.3 Å². The lowest BCUT2D eigenvalue weighted by atomic mass is 10.5. The van der Waals surface area contributed by atoms with Gasteiger partial charge in [-0.1, -0.05) is 0 Å². The van der Waals surface area contributed by atoms with Crippen molar-refractivity contribution in [3.05, 3.63) is 23.9 Å². The van der Waals surface area contributed by atoms with Gasteiger partial charge in [0.2, 0.25) is 0 Å². The Morgan fingerprint density at radius 2 is 2.38 bits per heavy atom. The summed E-state index contributed by atoms with van der Waals surface area (Å²) in [5.41, 5.74) is 6.05. The lowest BCUT2D eigenvalue weighted by Gasteiger charge is -1.81. The van der Waals surface area contributed by atoms with Crippen LogP contribution < -0.4 is 16.7 Å². The second-order valence-corrected chi connectivity index (χ2v) is 1.43. The Bertz CT molecular complexity index is 228. The molecule has 4 N–H and O–H groups in total. The van der Waals surface area contributed by atoms with Crippen molar-refractivity contribution in [2.24, 2.45) is 0 Å². The molecule has 0 amide bonds. The normalized spacial score (nSPS) is 9.00. The van der Waals surface area contributed by atoms with E-state index in [9.17, 15) is 0 Å². The second-order valence-electron chi connectivity index (χ2n) is 1.43. The van der Waals surface area contributed by atoms with Gasteiger partial charge in [0.15, 0.2) is 0 Å². The van der Waals surface area contributed by atoms with Crippen molar-refractivity contribution in [3.8, 4) is 0 Å². The SMILES string of the molecule is Nc1cccoc1=[NH2+]. The number of anilines is 1. The number of rotatable bonds is 0. The third-order valence-electron chi connectivity index (χ3n) is 0.834. The van der Waals surface area contributed by atoms with Gasteiger partial charge in [-0.15, -0.1) is 0 Å². The predicted molar refractivity (Wildman–Crippen MR) is 28.2 cm³/mol. The van der Waals surface area contributed by atoms with Gasteiger partial charge in [0, 0.05) is 0 Å². The summed E-state index contributed by atoms with van der Waals surface area (Å²) in [7, 11) is 0. The van der Waals surface area contributed by atoms with E-state index in [1.807, 2.05) is 0 Å². The first-order chi connectivity index (χ1) is 3.80. The van der Waals surface area contributed by atoms with Crippen LogP contribution in [0.5, 0.6) is 0 Å². The van der Waals surface area contributed by atoms with Crippen molar-refractivity contribution in [3.63, 3.8) is 0 Å². The van der Waals surface area contributed by atoms with Gasteiger partial charge in [0.05, 0.1) is 6.26 Å². The van der Waals surface area contributed by atoms with Gasteiger partial charge in [-0.3, -0.25) is 0 Å². The van der Waals surface area contributed by atoms with Gasteiger partial charge in [0.1, 0.15) is 5.69 Å². The highest BCUT2D eigenvalue weighted by molar-refractivity contribution is 5.29. The summed E-state index contributed by atoms with van der Waals surface area (Å²) >= 11 is 0. The minimum Gasteiger partial charge on any atom is -0.412 e. The molecule has 0 saturated heterocycles. The van der Waals surface area contributed by atoms with E-state index in [0.717, 1.165) is 0 Å². The maximum absolute atomic E-state index is 5.30. The third-order valence-corrected chi connectivity index (χ3v) is 0.834. The zero-order valence-electron chi connectivity index (χ0n) is 4.29. The van der Waals surface area contributed by atoms with Crippen LogP contribution in [0.1, 0.15) is 0 Å². The highest BCUT2D eigenvalue weighted by atomic mass is 16.3. The second kappa shape index (κ2) is 1.69. The average Bonchev–Trinajstić information content (AvgIpc) is 1.77. The molecule has 0 fully saturated rings. The fourth-order valence-electron chi connectivity index (χ4n) is 0.406. The molecule has 42 valence electrons. The molecule has 1 aromatic rings. The third kappa shape index (κ3) is 0.703. The van der Waals surface area contributed by atoms with Gasteiger partial charge < -0.3 is 10.2 Å². The molecule has 0 aromatic carbocycles. The van der Waals surface area contributed by atoms with E-state index < -0.39 is 0 Å². The summed E-state index contributed by atoms with van der Waals surface area (Å²) in [4.78, 5) is 0. The Hall–Kier alpha value is -1.25. The molecule has 8 heavy (non-hydrogen) atoms. The van der Waals surface area contributed by atoms with Crippen LogP contribution in [-0.4, -0.2) is 0 Å². The molecule has 0 aliphatic rings. The summed E-state index contributed by atoms with van der Waals surface area (Å²) in [5, 5.41) is 5.23. The van der Waals surface area contributed by atoms with Crippen LogP contribution in [0.15, 0.2) is 22.8 Å². The molecule has 0 saturated carbocycles. The van der Waals surface area contributed by atoms with E-state index in [1.54, 1.807) is 12.1 Å². The topological polar surface area (TPSA) is 64.8 Å².